The van der Waals surface area contributed by atoms with Gasteiger partial charge in [0, 0.05) is 32.6 Å². The van der Waals surface area contributed by atoms with E-state index in [-0.39, 0.29) is 20.1 Å². The first kappa shape index (κ1) is 25.5. The molecule has 1 amide bonds. The van der Waals surface area contributed by atoms with Gasteiger partial charge in [0.2, 0.25) is 16.8 Å². The van der Waals surface area contributed by atoms with Crippen LogP contribution in [0.2, 0.25) is 0 Å². The van der Waals surface area contributed by atoms with Crippen molar-refractivity contribution >= 4 is 21.7 Å². The average Bonchev–Trinajstić information content (AvgIpc) is 2.85. The molecule has 0 fully saturated rings. The zero-order valence-electron chi connectivity index (χ0n) is 20.5. The second-order valence-corrected chi connectivity index (χ2v) is 9.75. The molecule has 3 heterocycles. The van der Waals surface area contributed by atoms with Gasteiger partial charge in [-0.05, 0) is 50.6 Å². The first-order valence-corrected chi connectivity index (χ1v) is 12.5. The van der Waals surface area contributed by atoms with Gasteiger partial charge < -0.3 is 15.2 Å². The molecule has 0 spiro atoms. The van der Waals surface area contributed by atoms with Gasteiger partial charge in [-0.2, -0.15) is 8.42 Å². The standard InChI is InChI=1S/C25H24N6O5S.2H2/c1-14-5-8-20(15(2)11-14)36-24-18(22(32)31-37(33,34)25-21(26)27-9-10-28-25)6-7-19(30-24)17-12-16(3)23(35-4)29-13-17;;/h5-13H,1-4H3,(H2,26,27)(H,31,32);2*1H. The summed E-state index contributed by atoms with van der Waals surface area (Å²) in [7, 11) is -2.90. The zero-order valence-corrected chi connectivity index (χ0v) is 21.3. The number of pyridine rings is 2. The predicted octanol–water partition coefficient (Wildman–Crippen LogP) is 3.85. The van der Waals surface area contributed by atoms with E-state index in [1.165, 1.54) is 19.4 Å². The number of nitrogens with one attached hydrogen (secondary N) is 1. The molecule has 12 heteroatoms. The Hall–Kier alpha value is -4.58. The van der Waals surface area contributed by atoms with Gasteiger partial charge in [-0.15, -0.1) is 0 Å². The third-order valence-corrected chi connectivity index (χ3v) is 6.61. The average molecular weight is 525 g/mol. The number of nitrogens with two attached hydrogens (primary N) is 1. The first-order valence-electron chi connectivity index (χ1n) is 11.0. The van der Waals surface area contributed by atoms with Crippen LogP contribution in [-0.2, 0) is 10.0 Å². The lowest BCUT2D eigenvalue weighted by Gasteiger charge is -2.14. The Kier molecular flexibility index (Phi) is 7.02. The van der Waals surface area contributed by atoms with Gasteiger partial charge in [-0.3, -0.25) is 4.79 Å². The van der Waals surface area contributed by atoms with E-state index >= 15 is 0 Å². The molecule has 37 heavy (non-hydrogen) atoms. The van der Waals surface area contributed by atoms with E-state index < -0.39 is 21.0 Å². The van der Waals surface area contributed by atoms with Crippen LogP contribution in [0.1, 0.15) is 29.9 Å². The third kappa shape index (κ3) is 5.48. The van der Waals surface area contributed by atoms with E-state index in [2.05, 4.69) is 19.9 Å². The number of aromatic nitrogens is 4. The number of hydrogen-bond donors (Lipinski definition) is 2. The summed E-state index contributed by atoms with van der Waals surface area (Å²) in [4.78, 5) is 29.4. The molecule has 0 unspecified atom stereocenters. The molecule has 4 aromatic rings. The van der Waals surface area contributed by atoms with Gasteiger partial charge in [0.25, 0.3) is 15.9 Å². The van der Waals surface area contributed by atoms with Crippen LogP contribution >= 0.6 is 0 Å². The Bertz CT molecular complexity index is 1620. The minimum absolute atomic E-state index is 0. The molecule has 0 bridgehead atoms. The molecule has 4 rings (SSSR count). The number of carbonyl (C=O) groups excluding carboxylic acids is 1. The maximum absolute atomic E-state index is 13.2. The number of methoxy groups -OCH3 is 1. The summed E-state index contributed by atoms with van der Waals surface area (Å²) in [5.41, 5.74) is 9.24. The number of ether oxygens (including phenoxy) is 2. The second kappa shape index (κ2) is 10.2. The highest BCUT2D eigenvalue weighted by Crippen LogP contribution is 2.31. The van der Waals surface area contributed by atoms with Gasteiger partial charge in [0.1, 0.15) is 11.3 Å². The number of anilines is 1. The van der Waals surface area contributed by atoms with Crippen molar-refractivity contribution < 1.29 is 25.5 Å². The Morgan fingerprint density at radius 3 is 2.41 bits per heavy atom. The van der Waals surface area contributed by atoms with E-state index in [0.717, 1.165) is 22.9 Å². The highest BCUT2D eigenvalue weighted by Gasteiger charge is 2.26. The summed E-state index contributed by atoms with van der Waals surface area (Å²) >= 11 is 0. The minimum Gasteiger partial charge on any atom is -0.481 e. The molecular formula is C25H28N6O5S. The van der Waals surface area contributed by atoms with Gasteiger partial charge in [-0.25, -0.2) is 24.7 Å². The van der Waals surface area contributed by atoms with Crippen molar-refractivity contribution in [3.63, 3.8) is 0 Å². The molecule has 0 saturated carbocycles. The third-order valence-electron chi connectivity index (χ3n) is 5.33. The summed E-state index contributed by atoms with van der Waals surface area (Å²) in [5.74, 6) is -0.495. The quantitative estimate of drug-likeness (QED) is 0.363. The molecular weight excluding hydrogens is 496 g/mol. The SMILES string of the molecule is COc1ncc(-c2ccc(C(=O)NS(=O)(=O)c3nccnc3N)c(Oc3ccc(C)cc3C)n2)cc1C.[HH].[HH]. The van der Waals surface area contributed by atoms with Crippen molar-refractivity contribution in [3.8, 4) is 28.8 Å². The zero-order chi connectivity index (χ0) is 26.7. The molecule has 0 aliphatic carbocycles. The minimum atomic E-state index is -4.42. The van der Waals surface area contributed by atoms with Crippen LogP contribution in [0.4, 0.5) is 5.82 Å². The largest absolute Gasteiger partial charge is 0.481 e. The highest BCUT2D eigenvalue weighted by molar-refractivity contribution is 7.90. The summed E-state index contributed by atoms with van der Waals surface area (Å²) < 4.78 is 38.8. The van der Waals surface area contributed by atoms with E-state index in [1.54, 1.807) is 18.3 Å². The van der Waals surface area contributed by atoms with E-state index in [4.69, 9.17) is 15.2 Å². The number of aryl methyl sites for hydroxylation is 3. The van der Waals surface area contributed by atoms with Crippen molar-refractivity contribution in [2.45, 2.75) is 25.8 Å². The monoisotopic (exact) mass is 524 g/mol. The first-order chi connectivity index (χ1) is 17.6. The molecule has 3 N–H and O–H groups in total. The fourth-order valence-corrected chi connectivity index (χ4v) is 4.53. The number of hydrogen-bond acceptors (Lipinski definition) is 10. The Morgan fingerprint density at radius 2 is 1.73 bits per heavy atom. The van der Waals surface area contributed by atoms with Crippen LogP contribution in [-0.4, -0.2) is 41.4 Å². The summed E-state index contributed by atoms with van der Waals surface area (Å²) in [6.45, 7) is 5.63. The molecule has 194 valence electrons. The van der Waals surface area contributed by atoms with Crippen LogP contribution in [0.3, 0.4) is 0 Å². The summed E-state index contributed by atoms with van der Waals surface area (Å²) in [5, 5.41) is -0.565. The summed E-state index contributed by atoms with van der Waals surface area (Å²) in [6.07, 6.45) is 3.98. The lowest BCUT2D eigenvalue weighted by atomic mass is 10.1. The maximum atomic E-state index is 13.2. The number of nitrogens with zero attached hydrogens (tertiary/aromatic N) is 4. The van der Waals surface area contributed by atoms with E-state index in [9.17, 15) is 13.2 Å². The highest BCUT2D eigenvalue weighted by atomic mass is 32.2. The Labute approximate surface area is 216 Å². The molecule has 11 nitrogen and oxygen atoms in total. The second-order valence-electron chi connectivity index (χ2n) is 8.15. The van der Waals surface area contributed by atoms with Crippen LogP contribution in [0, 0.1) is 20.8 Å². The number of benzene rings is 1. The van der Waals surface area contributed by atoms with E-state index in [1.807, 2.05) is 43.7 Å². The number of nitrogen functional groups attached to an aromatic ring is 1. The number of carbonyl (C=O) groups is 1. The van der Waals surface area contributed by atoms with Crippen molar-refractivity contribution in [2.24, 2.45) is 0 Å². The number of amides is 1. The predicted molar refractivity (Wildman–Crippen MR) is 140 cm³/mol. The molecule has 0 aliphatic rings. The number of rotatable bonds is 7. The van der Waals surface area contributed by atoms with Gasteiger partial charge in [0.15, 0.2) is 5.82 Å². The van der Waals surface area contributed by atoms with Crippen molar-refractivity contribution in [1.82, 2.24) is 24.7 Å². The van der Waals surface area contributed by atoms with Gasteiger partial charge in [0.05, 0.1) is 12.8 Å². The van der Waals surface area contributed by atoms with E-state index in [0.29, 0.717) is 22.9 Å². The van der Waals surface area contributed by atoms with Crippen molar-refractivity contribution in [2.75, 3.05) is 12.8 Å². The lowest BCUT2D eigenvalue weighted by Crippen LogP contribution is -2.32. The Balaban J connectivity index is 0.00000267. The molecule has 0 aliphatic heterocycles. The van der Waals surface area contributed by atoms with Crippen LogP contribution in [0.5, 0.6) is 17.5 Å². The van der Waals surface area contributed by atoms with Crippen LogP contribution in [0.25, 0.3) is 11.3 Å². The van der Waals surface area contributed by atoms with Gasteiger partial charge >= 0.3 is 0 Å². The molecule has 0 radical (unpaired) electrons. The van der Waals surface area contributed by atoms with Gasteiger partial charge in [-0.1, -0.05) is 17.7 Å². The molecule has 0 atom stereocenters. The topological polar surface area (TPSA) is 159 Å². The Morgan fingerprint density at radius 1 is 0.973 bits per heavy atom. The van der Waals surface area contributed by atoms with Crippen molar-refractivity contribution in [1.29, 1.82) is 0 Å². The molecule has 0 saturated heterocycles. The summed E-state index contributed by atoms with van der Waals surface area (Å²) in [6, 6.07) is 10.3. The molecule has 3 aromatic heterocycles. The van der Waals surface area contributed by atoms with Crippen molar-refractivity contribution in [3.05, 3.63) is 77.2 Å². The smallest absolute Gasteiger partial charge is 0.285 e. The van der Waals surface area contributed by atoms with Crippen LogP contribution < -0.4 is 19.9 Å². The fraction of sp³-hybridized carbons (Fsp3) is 0.160. The maximum Gasteiger partial charge on any atom is 0.285 e. The number of sulfonamides is 1. The lowest BCUT2D eigenvalue weighted by molar-refractivity contribution is 0.0978. The molecule has 1 aromatic carbocycles. The normalized spacial score (nSPS) is 11.1. The van der Waals surface area contributed by atoms with Crippen LogP contribution in [0.15, 0.2) is 60.0 Å². The fourth-order valence-electron chi connectivity index (χ4n) is 3.55.